The second-order valence-corrected chi connectivity index (χ2v) is 8.42. The van der Waals surface area contributed by atoms with Crippen LogP contribution in [0.4, 0.5) is 18.0 Å². The highest BCUT2D eigenvalue weighted by Gasteiger charge is 2.42. The van der Waals surface area contributed by atoms with Crippen LogP contribution in [0.1, 0.15) is 25.3 Å². The summed E-state index contributed by atoms with van der Waals surface area (Å²) in [6.07, 6.45) is -0.249. The van der Waals surface area contributed by atoms with E-state index in [-0.39, 0.29) is 34.7 Å². The summed E-state index contributed by atoms with van der Waals surface area (Å²) in [7, 11) is 0. The van der Waals surface area contributed by atoms with Crippen LogP contribution in [0.2, 0.25) is 5.02 Å². The molecule has 0 bridgehead atoms. The van der Waals surface area contributed by atoms with Gasteiger partial charge in [0.15, 0.2) is 0 Å². The van der Waals surface area contributed by atoms with E-state index in [1.54, 1.807) is 25.1 Å². The molecule has 1 unspecified atom stereocenters. The zero-order valence-electron chi connectivity index (χ0n) is 16.9. The fourth-order valence-electron chi connectivity index (χ4n) is 3.12. The monoisotopic (exact) mass is 492 g/mol. The Bertz CT molecular complexity index is 971. The Labute approximate surface area is 191 Å². The molecule has 0 spiro atoms. The molecule has 1 atom stereocenters. The van der Waals surface area contributed by atoms with E-state index >= 15 is 0 Å². The number of carboxylic acid groups (broad SMARTS) is 1. The number of alkyl halides is 3. The molecule has 0 saturated heterocycles. The Kier molecular flexibility index (Phi) is 7.55. The van der Waals surface area contributed by atoms with E-state index in [2.05, 4.69) is 0 Å². The third kappa shape index (κ3) is 6.52. The normalized spacial score (nSPS) is 17.4. The Morgan fingerprint density at radius 1 is 1.22 bits per heavy atom. The molecule has 3 rings (SSSR count). The first-order chi connectivity index (χ1) is 15.1. The molecular formula is C21H20ClF3O6S. The highest BCUT2D eigenvalue weighted by molar-refractivity contribution is 8.00. The number of rotatable bonds is 9. The molecule has 174 valence electrons. The average molecular weight is 493 g/mol. The maximum atomic E-state index is 12.4. The number of benzene rings is 2. The van der Waals surface area contributed by atoms with Crippen molar-refractivity contribution in [1.82, 2.24) is 0 Å². The number of fused-ring (bicyclic) bond motifs is 1. The van der Waals surface area contributed by atoms with Crippen LogP contribution in [0.3, 0.4) is 0 Å². The van der Waals surface area contributed by atoms with Crippen molar-refractivity contribution >= 4 is 29.5 Å². The van der Waals surface area contributed by atoms with Gasteiger partial charge in [-0.3, -0.25) is 0 Å². The zero-order valence-corrected chi connectivity index (χ0v) is 18.5. The van der Waals surface area contributed by atoms with Crippen LogP contribution >= 0.6 is 23.4 Å². The average Bonchev–Trinajstić information content (AvgIpc) is 3.05. The summed E-state index contributed by atoms with van der Waals surface area (Å²) in [5.41, 5.74) is -3.60. The van der Waals surface area contributed by atoms with E-state index in [1.807, 2.05) is 0 Å². The van der Waals surface area contributed by atoms with Gasteiger partial charge in [0.2, 0.25) is 0 Å². The topological polar surface area (TPSA) is 74.2 Å². The number of hydrogen-bond donors (Lipinski definition) is 1. The number of ether oxygens (including phenoxy) is 4. The molecule has 1 aliphatic heterocycles. The summed E-state index contributed by atoms with van der Waals surface area (Å²) in [5, 5.41) is 9.03. The Hall–Kier alpha value is -2.46. The molecule has 0 aromatic heterocycles. The first kappa shape index (κ1) is 24.2. The fraction of sp³-hybridized carbons (Fsp3) is 0.381. The van der Waals surface area contributed by atoms with Crippen LogP contribution in [-0.4, -0.2) is 35.8 Å². The van der Waals surface area contributed by atoms with E-state index in [1.165, 1.54) is 18.2 Å². The van der Waals surface area contributed by atoms with Crippen molar-refractivity contribution in [3.8, 4) is 17.2 Å². The van der Waals surface area contributed by atoms with Crippen molar-refractivity contribution < 1.29 is 42.0 Å². The van der Waals surface area contributed by atoms with Crippen molar-refractivity contribution in [3.05, 3.63) is 47.0 Å². The largest absolute Gasteiger partial charge is 0.509 e. The lowest BCUT2D eigenvalue weighted by molar-refractivity contribution is -0.140. The fourth-order valence-corrected chi connectivity index (χ4v) is 4.00. The minimum atomic E-state index is -4.38. The molecule has 0 saturated carbocycles. The number of halogens is 4. The maximum Gasteiger partial charge on any atom is 0.509 e. The second kappa shape index (κ2) is 9.99. The van der Waals surface area contributed by atoms with Crippen molar-refractivity contribution in [1.29, 1.82) is 0 Å². The Balaban J connectivity index is 1.46. The van der Waals surface area contributed by atoms with Crippen LogP contribution in [0, 0.1) is 0 Å². The zero-order chi connectivity index (χ0) is 23.4. The minimum Gasteiger partial charge on any atom is -0.493 e. The molecule has 0 aliphatic carbocycles. The smallest absolute Gasteiger partial charge is 0.493 e. The highest BCUT2D eigenvalue weighted by Crippen LogP contribution is 2.40. The molecule has 0 fully saturated rings. The molecule has 1 N–H and O–H groups in total. The Morgan fingerprint density at radius 2 is 1.97 bits per heavy atom. The lowest BCUT2D eigenvalue weighted by atomic mass is 10.1. The van der Waals surface area contributed by atoms with E-state index in [0.29, 0.717) is 36.7 Å². The van der Waals surface area contributed by atoms with Crippen LogP contribution in [-0.2, 0) is 11.2 Å². The SMILES string of the molecule is CCC1(OC(=O)O)Cc2cc(OCCCOc3ccc(SC(F)(F)F)cc3Cl)ccc2O1. The first-order valence-corrected chi connectivity index (χ1v) is 10.8. The second-order valence-electron chi connectivity index (χ2n) is 6.87. The van der Waals surface area contributed by atoms with Gasteiger partial charge in [0.25, 0.3) is 5.79 Å². The van der Waals surface area contributed by atoms with Gasteiger partial charge in [0.05, 0.1) is 24.7 Å². The number of hydrogen-bond acceptors (Lipinski definition) is 6. The van der Waals surface area contributed by atoms with Crippen LogP contribution in [0.5, 0.6) is 17.2 Å². The van der Waals surface area contributed by atoms with E-state index < -0.39 is 17.5 Å². The van der Waals surface area contributed by atoms with E-state index in [9.17, 15) is 18.0 Å². The van der Waals surface area contributed by atoms with Crippen LogP contribution in [0.15, 0.2) is 41.3 Å². The summed E-state index contributed by atoms with van der Waals surface area (Å²) in [5.74, 6) is 0.197. The lowest BCUT2D eigenvalue weighted by Crippen LogP contribution is -2.38. The van der Waals surface area contributed by atoms with Crippen molar-refractivity contribution in [3.63, 3.8) is 0 Å². The molecule has 1 aliphatic rings. The van der Waals surface area contributed by atoms with Gasteiger partial charge in [-0.05, 0) is 48.2 Å². The third-order valence-electron chi connectivity index (χ3n) is 4.55. The van der Waals surface area contributed by atoms with Crippen LogP contribution in [0.25, 0.3) is 0 Å². The highest BCUT2D eigenvalue weighted by atomic mass is 35.5. The summed E-state index contributed by atoms with van der Waals surface area (Å²) in [4.78, 5) is 10.9. The predicted molar refractivity (Wildman–Crippen MR) is 112 cm³/mol. The van der Waals surface area contributed by atoms with Gasteiger partial charge in [-0.1, -0.05) is 18.5 Å². The summed E-state index contributed by atoms with van der Waals surface area (Å²) in [6, 6.07) is 9.09. The number of carbonyl (C=O) groups is 1. The maximum absolute atomic E-state index is 12.4. The predicted octanol–water partition coefficient (Wildman–Crippen LogP) is 6.54. The van der Waals surface area contributed by atoms with E-state index in [4.69, 9.17) is 35.7 Å². The van der Waals surface area contributed by atoms with Crippen molar-refractivity contribution in [2.24, 2.45) is 0 Å². The molecule has 2 aromatic rings. The van der Waals surface area contributed by atoms with Gasteiger partial charge in [-0.25, -0.2) is 4.79 Å². The van der Waals surface area contributed by atoms with E-state index in [0.717, 1.165) is 5.56 Å². The summed E-state index contributed by atoms with van der Waals surface area (Å²) < 4.78 is 59.1. The molecule has 32 heavy (non-hydrogen) atoms. The molecule has 2 aromatic carbocycles. The number of thioether (sulfide) groups is 1. The molecule has 0 amide bonds. The molecule has 0 radical (unpaired) electrons. The quantitative estimate of drug-likeness (QED) is 0.242. The summed E-state index contributed by atoms with van der Waals surface area (Å²) >= 11 is 5.75. The molecule has 1 heterocycles. The lowest BCUT2D eigenvalue weighted by Gasteiger charge is -2.25. The van der Waals surface area contributed by atoms with Gasteiger partial charge < -0.3 is 24.1 Å². The Morgan fingerprint density at radius 3 is 2.62 bits per heavy atom. The molecule has 11 heteroatoms. The van der Waals surface area contributed by atoms with Gasteiger partial charge >= 0.3 is 11.7 Å². The van der Waals surface area contributed by atoms with Gasteiger partial charge in [-0.15, -0.1) is 0 Å². The minimum absolute atomic E-state index is 0.0142. The van der Waals surface area contributed by atoms with Gasteiger partial charge in [0, 0.05) is 23.3 Å². The van der Waals surface area contributed by atoms with Gasteiger partial charge in [-0.2, -0.15) is 13.2 Å². The first-order valence-electron chi connectivity index (χ1n) is 9.64. The summed E-state index contributed by atoms with van der Waals surface area (Å²) in [6.45, 7) is 2.36. The van der Waals surface area contributed by atoms with Crippen LogP contribution < -0.4 is 14.2 Å². The van der Waals surface area contributed by atoms with Crippen molar-refractivity contribution in [2.75, 3.05) is 13.2 Å². The third-order valence-corrected chi connectivity index (χ3v) is 5.57. The molecular weight excluding hydrogens is 473 g/mol. The van der Waals surface area contributed by atoms with Gasteiger partial charge in [0.1, 0.15) is 17.2 Å². The molecule has 6 nitrogen and oxygen atoms in total. The van der Waals surface area contributed by atoms with Crippen molar-refractivity contribution in [2.45, 2.75) is 42.4 Å². The standard InChI is InChI=1S/C21H20ClF3O6S/c1-2-20(31-19(26)27)12-13-10-14(4-6-17(13)30-20)28-8-3-9-29-18-7-5-15(11-16(18)22)32-21(23,24)25/h4-7,10-11H,2-3,8-9,12H2,1H3,(H,26,27).